The summed E-state index contributed by atoms with van der Waals surface area (Å²) in [6.45, 7) is 5.86. The van der Waals surface area contributed by atoms with E-state index in [4.69, 9.17) is 16.0 Å². The van der Waals surface area contributed by atoms with Gasteiger partial charge in [-0.15, -0.1) is 11.3 Å². The van der Waals surface area contributed by atoms with Crippen molar-refractivity contribution in [2.24, 2.45) is 0 Å². The summed E-state index contributed by atoms with van der Waals surface area (Å²) in [6.07, 6.45) is 0. The van der Waals surface area contributed by atoms with Gasteiger partial charge in [-0.1, -0.05) is 41.4 Å². The predicted molar refractivity (Wildman–Crippen MR) is 119 cm³/mol. The number of hydrogen-bond donors (Lipinski definition) is 0. The largest absolute Gasteiger partial charge is 0.450 e. The van der Waals surface area contributed by atoms with E-state index in [-0.39, 0.29) is 17.1 Å². The number of nitrogens with zero attached hydrogens (tertiary/aromatic N) is 2. The number of aromatic nitrogens is 1. The van der Waals surface area contributed by atoms with Gasteiger partial charge in [-0.05, 0) is 44.5 Å². The van der Waals surface area contributed by atoms with Crippen LogP contribution in [0.4, 0.5) is 5.13 Å². The Hall–Kier alpha value is -2.96. The molecule has 0 saturated carbocycles. The number of benzene rings is 2. The molecule has 1 aliphatic rings. The van der Waals surface area contributed by atoms with E-state index in [0.717, 1.165) is 21.7 Å². The second kappa shape index (κ2) is 6.79. The van der Waals surface area contributed by atoms with Gasteiger partial charge >= 0.3 is 0 Å². The molecule has 0 aliphatic carbocycles. The normalized spacial score (nSPS) is 15.8. The predicted octanol–water partition coefficient (Wildman–Crippen LogP) is 5.58. The molecule has 5 nitrogen and oxygen atoms in total. The number of thiazole rings is 1. The van der Waals surface area contributed by atoms with Crippen LogP contribution in [0.15, 0.2) is 51.7 Å². The Morgan fingerprint density at radius 1 is 1.07 bits per heavy atom. The van der Waals surface area contributed by atoms with Crippen LogP contribution in [0.5, 0.6) is 0 Å². The summed E-state index contributed by atoms with van der Waals surface area (Å²) < 4.78 is 5.94. The van der Waals surface area contributed by atoms with Crippen molar-refractivity contribution in [2.75, 3.05) is 4.90 Å². The first-order chi connectivity index (χ1) is 14.3. The van der Waals surface area contributed by atoms with Crippen molar-refractivity contribution in [1.29, 1.82) is 0 Å². The molecular weight excluding hydrogens is 420 g/mol. The lowest BCUT2D eigenvalue weighted by Gasteiger charge is -2.22. The first-order valence-corrected chi connectivity index (χ1v) is 10.6. The second-order valence-electron chi connectivity index (χ2n) is 7.44. The highest BCUT2D eigenvalue weighted by Crippen LogP contribution is 2.43. The van der Waals surface area contributed by atoms with Crippen molar-refractivity contribution in [3.63, 3.8) is 0 Å². The third kappa shape index (κ3) is 2.79. The fourth-order valence-electron chi connectivity index (χ4n) is 3.77. The van der Waals surface area contributed by atoms with Crippen LogP contribution in [-0.4, -0.2) is 10.9 Å². The van der Waals surface area contributed by atoms with Crippen LogP contribution in [0.1, 0.15) is 43.9 Å². The Labute approximate surface area is 181 Å². The van der Waals surface area contributed by atoms with E-state index >= 15 is 0 Å². The monoisotopic (exact) mass is 436 g/mol. The average molecular weight is 437 g/mol. The summed E-state index contributed by atoms with van der Waals surface area (Å²) in [6, 6.07) is 12.0. The molecule has 0 saturated heterocycles. The van der Waals surface area contributed by atoms with Gasteiger partial charge in [0.25, 0.3) is 5.91 Å². The fourth-order valence-corrected chi connectivity index (χ4v) is 4.87. The fraction of sp³-hybridized carbons (Fsp3) is 0.174. The van der Waals surface area contributed by atoms with Crippen molar-refractivity contribution in [2.45, 2.75) is 26.8 Å². The zero-order chi connectivity index (χ0) is 21.2. The molecule has 4 aromatic rings. The smallest absolute Gasteiger partial charge is 0.297 e. The molecule has 0 radical (unpaired) electrons. The highest BCUT2D eigenvalue weighted by atomic mass is 35.5. The van der Waals surface area contributed by atoms with Gasteiger partial charge in [-0.25, -0.2) is 4.98 Å². The summed E-state index contributed by atoms with van der Waals surface area (Å²) >= 11 is 7.55. The SMILES string of the molecule is Cc1ccc([C@H]2c3c(oc4ccc(Cl)cc4c3=O)C(=O)N2c2nc(C)c(C)s2)cc1. The minimum atomic E-state index is -0.613. The van der Waals surface area contributed by atoms with Gasteiger partial charge in [0.1, 0.15) is 5.58 Å². The van der Waals surface area contributed by atoms with Crippen LogP contribution < -0.4 is 10.3 Å². The highest BCUT2D eigenvalue weighted by Gasteiger charge is 2.45. The Balaban J connectivity index is 1.82. The lowest BCUT2D eigenvalue weighted by molar-refractivity contribution is 0.0971. The van der Waals surface area contributed by atoms with E-state index in [1.165, 1.54) is 11.3 Å². The molecule has 2 aromatic heterocycles. The first kappa shape index (κ1) is 19.0. The minimum Gasteiger partial charge on any atom is -0.450 e. The van der Waals surface area contributed by atoms with E-state index in [2.05, 4.69) is 4.98 Å². The van der Waals surface area contributed by atoms with Gasteiger partial charge in [-0.2, -0.15) is 0 Å². The van der Waals surface area contributed by atoms with Crippen molar-refractivity contribution >= 4 is 44.9 Å². The van der Waals surface area contributed by atoms with E-state index in [9.17, 15) is 9.59 Å². The van der Waals surface area contributed by atoms with Crippen LogP contribution in [0.25, 0.3) is 11.0 Å². The molecule has 7 heteroatoms. The van der Waals surface area contributed by atoms with E-state index < -0.39 is 6.04 Å². The van der Waals surface area contributed by atoms with Crippen molar-refractivity contribution in [3.8, 4) is 0 Å². The average Bonchev–Trinajstić information content (AvgIpc) is 3.20. The number of rotatable bonds is 2. The Morgan fingerprint density at radius 2 is 1.80 bits per heavy atom. The number of hydrogen-bond acceptors (Lipinski definition) is 5. The molecule has 0 spiro atoms. The lowest BCUT2D eigenvalue weighted by Crippen LogP contribution is -2.29. The lowest BCUT2D eigenvalue weighted by atomic mass is 9.98. The molecule has 30 heavy (non-hydrogen) atoms. The summed E-state index contributed by atoms with van der Waals surface area (Å²) in [5.74, 6) is -0.302. The summed E-state index contributed by atoms with van der Waals surface area (Å²) in [7, 11) is 0. The Kier molecular flexibility index (Phi) is 4.31. The third-order valence-corrected chi connectivity index (χ3v) is 6.76. The van der Waals surface area contributed by atoms with Crippen LogP contribution in [0, 0.1) is 20.8 Å². The first-order valence-electron chi connectivity index (χ1n) is 9.45. The number of carbonyl (C=O) groups excluding carboxylic acids is 1. The molecule has 2 aromatic carbocycles. The van der Waals surface area contributed by atoms with Crippen LogP contribution in [0.2, 0.25) is 5.02 Å². The van der Waals surface area contributed by atoms with Gasteiger partial charge in [0.15, 0.2) is 10.6 Å². The summed E-state index contributed by atoms with van der Waals surface area (Å²) in [4.78, 5) is 34.2. The van der Waals surface area contributed by atoms with Crippen LogP contribution in [-0.2, 0) is 0 Å². The van der Waals surface area contributed by atoms with Crippen LogP contribution >= 0.6 is 22.9 Å². The van der Waals surface area contributed by atoms with Gasteiger partial charge < -0.3 is 4.42 Å². The standard InChI is InChI=1S/C23H17ClN2O3S/c1-11-4-6-14(7-5-11)19-18-20(27)16-10-15(24)8-9-17(16)29-21(18)22(28)26(19)23-25-12(2)13(3)30-23/h4-10,19H,1-3H3/t19-/m0/s1. The van der Waals surface area contributed by atoms with Crippen LogP contribution in [0.3, 0.4) is 0 Å². The maximum Gasteiger partial charge on any atom is 0.297 e. The molecule has 0 unspecified atom stereocenters. The van der Waals surface area contributed by atoms with Gasteiger partial charge in [0.05, 0.1) is 22.7 Å². The quantitative estimate of drug-likeness (QED) is 0.411. The van der Waals surface area contributed by atoms with E-state index in [0.29, 0.717) is 26.7 Å². The van der Waals surface area contributed by atoms with Gasteiger partial charge in [0, 0.05) is 9.90 Å². The third-order valence-electron chi connectivity index (χ3n) is 5.45. The number of halogens is 1. The topological polar surface area (TPSA) is 63.4 Å². The maximum atomic E-state index is 13.5. The number of carbonyl (C=O) groups is 1. The molecule has 0 N–H and O–H groups in total. The van der Waals surface area contributed by atoms with Gasteiger partial charge in [0.2, 0.25) is 5.76 Å². The molecular formula is C23H17ClN2O3S. The molecule has 3 heterocycles. The van der Waals surface area contributed by atoms with Gasteiger partial charge in [-0.3, -0.25) is 14.5 Å². The number of anilines is 1. The maximum absolute atomic E-state index is 13.5. The molecule has 1 aliphatic heterocycles. The molecule has 1 amide bonds. The molecule has 150 valence electrons. The number of amides is 1. The molecule has 5 rings (SSSR count). The second-order valence-corrected chi connectivity index (χ2v) is 9.06. The van der Waals surface area contributed by atoms with E-state index in [1.807, 2.05) is 45.0 Å². The zero-order valence-electron chi connectivity index (χ0n) is 16.5. The molecule has 0 fully saturated rings. The Bertz CT molecular complexity index is 1370. The molecule has 1 atom stereocenters. The highest BCUT2D eigenvalue weighted by molar-refractivity contribution is 7.15. The zero-order valence-corrected chi connectivity index (χ0v) is 18.1. The number of fused-ring (bicyclic) bond motifs is 2. The summed E-state index contributed by atoms with van der Waals surface area (Å²) in [5, 5.41) is 1.35. The van der Waals surface area contributed by atoms with Crippen molar-refractivity contribution < 1.29 is 9.21 Å². The van der Waals surface area contributed by atoms with E-state index in [1.54, 1.807) is 23.1 Å². The number of aryl methyl sites for hydroxylation is 3. The summed E-state index contributed by atoms with van der Waals surface area (Å²) in [5.41, 5.74) is 3.19. The minimum absolute atomic E-state index is 0.0610. The molecule has 0 bridgehead atoms. The van der Waals surface area contributed by atoms with Crippen molar-refractivity contribution in [1.82, 2.24) is 4.98 Å². The van der Waals surface area contributed by atoms with Crippen molar-refractivity contribution in [3.05, 3.63) is 90.7 Å². The Morgan fingerprint density at radius 3 is 2.47 bits per heavy atom.